The van der Waals surface area contributed by atoms with Gasteiger partial charge in [0.25, 0.3) is 0 Å². The highest BCUT2D eigenvalue weighted by atomic mass is 16.5. The van der Waals surface area contributed by atoms with Crippen LogP contribution < -0.4 is 5.73 Å². The van der Waals surface area contributed by atoms with E-state index in [1.165, 1.54) is 5.56 Å². The van der Waals surface area contributed by atoms with Crippen molar-refractivity contribution in [2.24, 2.45) is 5.73 Å². The van der Waals surface area contributed by atoms with E-state index in [2.05, 4.69) is 10.1 Å². The van der Waals surface area contributed by atoms with Crippen molar-refractivity contribution in [3.63, 3.8) is 0 Å². The van der Waals surface area contributed by atoms with E-state index >= 15 is 0 Å². The summed E-state index contributed by atoms with van der Waals surface area (Å²) in [5.41, 5.74) is 7.23. The largest absolute Gasteiger partial charge is 0.339 e. The van der Waals surface area contributed by atoms with E-state index in [0.29, 0.717) is 11.7 Å². The molecule has 2 aromatic rings. The van der Waals surface area contributed by atoms with Gasteiger partial charge in [0.15, 0.2) is 5.82 Å². The second kappa shape index (κ2) is 5.10. The molecule has 0 radical (unpaired) electrons. The lowest BCUT2D eigenvalue weighted by atomic mass is 10.1. The van der Waals surface area contributed by atoms with Gasteiger partial charge in [0.05, 0.1) is 6.04 Å². The molecule has 2 rings (SSSR count). The summed E-state index contributed by atoms with van der Waals surface area (Å²) >= 11 is 0. The summed E-state index contributed by atoms with van der Waals surface area (Å²) in [5, 5.41) is 3.92. The molecule has 0 saturated heterocycles. The second-order valence-electron chi connectivity index (χ2n) is 4.44. The standard InChI is InChI=1S/C13H17N3O/c1-9(2)13-15-12(16-17-13)11(14)8-10-6-4-3-5-7-10/h3-7,9,11H,8,14H2,1-2H3. The Morgan fingerprint density at radius 3 is 2.53 bits per heavy atom. The number of rotatable bonds is 4. The van der Waals surface area contributed by atoms with Gasteiger partial charge in [-0.1, -0.05) is 49.3 Å². The highest BCUT2D eigenvalue weighted by Crippen LogP contribution is 2.16. The first-order chi connectivity index (χ1) is 8.16. The van der Waals surface area contributed by atoms with Crippen molar-refractivity contribution in [3.8, 4) is 0 Å². The lowest BCUT2D eigenvalue weighted by Gasteiger charge is -2.06. The van der Waals surface area contributed by atoms with Crippen LogP contribution in [0.4, 0.5) is 0 Å². The molecule has 1 unspecified atom stereocenters. The number of aromatic nitrogens is 2. The van der Waals surface area contributed by atoms with Gasteiger partial charge in [0.2, 0.25) is 5.89 Å². The Labute approximate surface area is 101 Å². The fourth-order valence-electron chi connectivity index (χ4n) is 1.59. The fourth-order valence-corrected chi connectivity index (χ4v) is 1.59. The van der Waals surface area contributed by atoms with Crippen LogP contribution in [0.2, 0.25) is 0 Å². The maximum Gasteiger partial charge on any atom is 0.229 e. The fraction of sp³-hybridized carbons (Fsp3) is 0.385. The number of nitrogens with zero attached hydrogens (tertiary/aromatic N) is 2. The highest BCUT2D eigenvalue weighted by Gasteiger charge is 2.16. The molecule has 90 valence electrons. The maximum atomic E-state index is 6.06. The number of hydrogen-bond donors (Lipinski definition) is 1. The van der Waals surface area contributed by atoms with Crippen LogP contribution in [0.1, 0.15) is 43.1 Å². The number of hydrogen-bond acceptors (Lipinski definition) is 4. The highest BCUT2D eigenvalue weighted by molar-refractivity contribution is 5.17. The van der Waals surface area contributed by atoms with Crippen LogP contribution in [-0.4, -0.2) is 10.1 Å². The zero-order chi connectivity index (χ0) is 12.3. The zero-order valence-corrected chi connectivity index (χ0v) is 10.1. The van der Waals surface area contributed by atoms with E-state index in [9.17, 15) is 0 Å². The molecule has 1 atom stereocenters. The van der Waals surface area contributed by atoms with Crippen LogP contribution in [0.25, 0.3) is 0 Å². The van der Waals surface area contributed by atoms with E-state index in [1.54, 1.807) is 0 Å². The summed E-state index contributed by atoms with van der Waals surface area (Å²) in [4.78, 5) is 4.30. The minimum absolute atomic E-state index is 0.214. The normalized spacial score (nSPS) is 12.9. The molecular formula is C13H17N3O. The average molecular weight is 231 g/mol. The van der Waals surface area contributed by atoms with Crippen LogP contribution in [0.3, 0.4) is 0 Å². The van der Waals surface area contributed by atoms with Crippen molar-refractivity contribution < 1.29 is 4.52 Å². The molecule has 17 heavy (non-hydrogen) atoms. The first-order valence-electron chi connectivity index (χ1n) is 5.80. The summed E-state index contributed by atoms with van der Waals surface area (Å²) < 4.78 is 5.14. The van der Waals surface area contributed by atoms with Crippen molar-refractivity contribution in [3.05, 3.63) is 47.6 Å². The van der Waals surface area contributed by atoms with Crippen LogP contribution in [0.5, 0.6) is 0 Å². The summed E-state index contributed by atoms with van der Waals surface area (Å²) in [7, 11) is 0. The van der Waals surface area contributed by atoms with Gasteiger partial charge in [-0.05, 0) is 12.0 Å². The second-order valence-corrected chi connectivity index (χ2v) is 4.44. The van der Waals surface area contributed by atoms with Gasteiger partial charge in [-0.3, -0.25) is 0 Å². The molecule has 0 spiro atoms. The smallest absolute Gasteiger partial charge is 0.229 e. The maximum absolute atomic E-state index is 6.06. The molecule has 0 aliphatic heterocycles. The van der Waals surface area contributed by atoms with Crippen molar-refractivity contribution in [1.82, 2.24) is 10.1 Å². The van der Waals surface area contributed by atoms with Gasteiger partial charge in [-0.15, -0.1) is 0 Å². The minimum atomic E-state index is -0.214. The Kier molecular flexibility index (Phi) is 3.54. The minimum Gasteiger partial charge on any atom is -0.339 e. The van der Waals surface area contributed by atoms with Crippen molar-refractivity contribution >= 4 is 0 Å². The molecule has 0 aliphatic rings. The van der Waals surface area contributed by atoms with Gasteiger partial charge >= 0.3 is 0 Å². The number of nitrogens with two attached hydrogens (primary N) is 1. The molecule has 1 aromatic carbocycles. The Bertz CT molecular complexity index is 465. The topological polar surface area (TPSA) is 64.9 Å². The van der Waals surface area contributed by atoms with Gasteiger partial charge in [0.1, 0.15) is 0 Å². The van der Waals surface area contributed by atoms with E-state index in [0.717, 1.165) is 6.42 Å². The quantitative estimate of drug-likeness (QED) is 0.877. The van der Waals surface area contributed by atoms with Gasteiger partial charge in [-0.2, -0.15) is 4.98 Å². The van der Waals surface area contributed by atoms with Crippen LogP contribution in [-0.2, 0) is 6.42 Å². The lowest BCUT2D eigenvalue weighted by molar-refractivity contribution is 0.358. The van der Waals surface area contributed by atoms with Crippen molar-refractivity contribution in [1.29, 1.82) is 0 Å². The molecule has 2 N–H and O–H groups in total. The molecule has 0 aliphatic carbocycles. The van der Waals surface area contributed by atoms with E-state index in [4.69, 9.17) is 10.3 Å². The van der Waals surface area contributed by atoms with Crippen LogP contribution in [0.15, 0.2) is 34.9 Å². The van der Waals surface area contributed by atoms with Crippen LogP contribution >= 0.6 is 0 Å². The third-order valence-electron chi connectivity index (χ3n) is 2.58. The monoisotopic (exact) mass is 231 g/mol. The predicted octanol–water partition coefficient (Wildman–Crippen LogP) is 2.44. The van der Waals surface area contributed by atoms with Gasteiger partial charge in [0, 0.05) is 5.92 Å². The first-order valence-corrected chi connectivity index (χ1v) is 5.80. The van der Waals surface area contributed by atoms with E-state index in [1.807, 2.05) is 44.2 Å². The van der Waals surface area contributed by atoms with Gasteiger partial charge < -0.3 is 10.3 Å². The molecular weight excluding hydrogens is 214 g/mol. The predicted molar refractivity (Wildman–Crippen MR) is 65.5 cm³/mol. The SMILES string of the molecule is CC(C)c1nc(C(N)Cc2ccccc2)no1. The molecule has 1 aromatic heterocycles. The summed E-state index contributed by atoms with van der Waals surface area (Å²) in [5.74, 6) is 1.46. The average Bonchev–Trinajstić information content (AvgIpc) is 2.79. The summed E-state index contributed by atoms with van der Waals surface area (Å²) in [6.45, 7) is 4.03. The third-order valence-corrected chi connectivity index (χ3v) is 2.58. The third kappa shape index (κ3) is 2.91. The Balaban J connectivity index is 2.07. The molecule has 1 heterocycles. The summed E-state index contributed by atoms with van der Waals surface area (Å²) in [6.07, 6.45) is 0.720. The van der Waals surface area contributed by atoms with E-state index in [-0.39, 0.29) is 12.0 Å². The van der Waals surface area contributed by atoms with E-state index < -0.39 is 0 Å². The molecule has 4 heteroatoms. The number of benzene rings is 1. The van der Waals surface area contributed by atoms with Crippen molar-refractivity contribution in [2.75, 3.05) is 0 Å². The zero-order valence-electron chi connectivity index (χ0n) is 10.1. The molecule has 0 bridgehead atoms. The Morgan fingerprint density at radius 1 is 1.24 bits per heavy atom. The molecule has 4 nitrogen and oxygen atoms in total. The summed E-state index contributed by atoms with van der Waals surface area (Å²) in [6, 6.07) is 9.86. The molecule has 0 saturated carbocycles. The van der Waals surface area contributed by atoms with Gasteiger partial charge in [-0.25, -0.2) is 0 Å². The van der Waals surface area contributed by atoms with Crippen molar-refractivity contribution in [2.45, 2.75) is 32.2 Å². The Hall–Kier alpha value is -1.68. The Morgan fingerprint density at radius 2 is 1.94 bits per heavy atom. The van der Waals surface area contributed by atoms with Crippen LogP contribution in [0, 0.1) is 0 Å². The lowest BCUT2D eigenvalue weighted by Crippen LogP contribution is -2.15. The molecule has 0 fully saturated rings. The first kappa shape index (κ1) is 11.8. The molecule has 0 amide bonds.